The Balaban J connectivity index is 2.50. The number of aliphatic hydroxyl groups excluding tert-OH is 1. The van der Waals surface area contributed by atoms with Crippen molar-refractivity contribution in [2.75, 3.05) is 6.61 Å². The lowest BCUT2D eigenvalue weighted by molar-refractivity contribution is -0.142. The fraction of sp³-hybridized carbons (Fsp3) is 0.200. The van der Waals surface area contributed by atoms with E-state index in [1.807, 2.05) is 17.5 Å². The van der Waals surface area contributed by atoms with Gasteiger partial charge in [-0.2, -0.15) is 0 Å². The third-order valence-corrected chi connectivity index (χ3v) is 2.58. The van der Waals surface area contributed by atoms with Crippen LogP contribution in [-0.2, 0) is 9.59 Å². The molecule has 3 N–H and O–H groups in total. The predicted molar refractivity (Wildman–Crippen MR) is 60.0 cm³/mol. The molecule has 1 aromatic heterocycles. The summed E-state index contributed by atoms with van der Waals surface area (Å²) >= 11 is 1.46. The normalized spacial score (nSPS) is 12.6. The Morgan fingerprint density at radius 1 is 1.56 bits per heavy atom. The standard InChI is InChI=1S/C10H11NO4S/c12-6-8(10(14)15)11-9(13)4-3-7-2-1-5-16-7/h1-5,8,12H,6H2,(H,11,13)(H,14,15)/b4-3+/t8-/m0/s1. The van der Waals surface area contributed by atoms with Crippen LogP contribution in [0.2, 0.25) is 0 Å². The quantitative estimate of drug-likeness (QED) is 0.648. The number of nitrogens with one attached hydrogen (secondary N) is 1. The zero-order valence-electron chi connectivity index (χ0n) is 8.29. The van der Waals surface area contributed by atoms with Crippen LogP contribution >= 0.6 is 11.3 Å². The van der Waals surface area contributed by atoms with Gasteiger partial charge in [0, 0.05) is 11.0 Å². The van der Waals surface area contributed by atoms with Crippen molar-refractivity contribution >= 4 is 29.3 Å². The maximum absolute atomic E-state index is 11.2. The molecular weight excluding hydrogens is 230 g/mol. The number of amides is 1. The molecule has 1 atom stereocenters. The van der Waals surface area contributed by atoms with Crippen LogP contribution in [0.1, 0.15) is 4.88 Å². The molecule has 0 bridgehead atoms. The maximum atomic E-state index is 11.2. The van der Waals surface area contributed by atoms with Crippen LogP contribution in [0.5, 0.6) is 0 Å². The largest absolute Gasteiger partial charge is 0.480 e. The molecule has 0 aromatic carbocycles. The van der Waals surface area contributed by atoms with Crippen LogP contribution in [0.3, 0.4) is 0 Å². The van der Waals surface area contributed by atoms with Gasteiger partial charge in [-0.1, -0.05) is 6.07 Å². The average molecular weight is 241 g/mol. The summed E-state index contributed by atoms with van der Waals surface area (Å²) in [6, 6.07) is 2.41. The number of aliphatic hydroxyl groups is 1. The monoisotopic (exact) mass is 241 g/mol. The topological polar surface area (TPSA) is 86.6 Å². The molecule has 1 rings (SSSR count). The van der Waals surface area contributed by atoms with E-state index in [4.69, 9.17) is 10.2 Å². The van der Waals surface area contributed by atoms with Gasteiger partial charge in [0.15, 0.2) is 6.04 Å². The molecule has 0 aliphatic heterocycles. The smallest absolute Gasteiger partial charge is 0.328 e. The lowest BCUT2D eigenvalue weighted by Crippen LogP contribution is -2.42. The molecule has 6 heteroatoms. The van der Waals surface area contributed by atoms with Crippen molar-refractivity contribution in [3.8, 4) is 0 Å². The van der Waals surface area contributed by atoms with E-state index in [1.165, 1.54) is 17.4 Å². The number of carbonyl (C=O) groups excluding carboxylic acids is 1. The Kier molecular flexibility index (Phi) is 4.68. The highest BCUT2D eigenvalue weighted by atomic mass is 32.1. The molecule has 0 radical (unpaired) electrons. The molecule has 0 saturated carbocycles. The molecule has 0 unspecified atom stereocenters. The number of carbonyl (C=O) groups is 2. The lowest BCUT2D eigenvalue weighted by atomic mass is 10.3. The first-order valence-electron chi connectivity index (χ1n) is 4.49. The number of carboxylic acids is 1. The Labute approximate surface area is 96.0 Å². The van der Waals surface area contributed by atoms with E-state index in [9.17, 15) is 9.59 Å². The van der Waals surface area contributed by atoms with Crippen molar-refractivity contribution in [1.82, 2.24) is 5.32 Å². The summed E-state index contributed by atoms with van der Waals surface area (Å²) in [5.74, 6) is -1.81. The lowest BCUT2D eigenvalue weighted by Gasteiger charge is -2.08. The molecule has 16 heavy (non-hydrogen) atoms. The fourth-order valence-corrected chi connectivity index (χ4v) is 1.57. The van der Waals surface area contributed by atoms with Crippen LogP contribution in [0.15, 0.2) is 23.6 Å². The predicted octanol–water partition coefficient (Wildman–Crippen LogP) is 0.323. The zero-order chi connectivity index (χ0) is 12.0. The van der Waals surface area contributed by atoms with Crippen LogP contribution in [0, 0.1) is 0 Å². The summed E-state index contributed by atoms with van der Waals surface area (Å²) in [6.07, 6.45) is 2.81. The minimum Gasteiger partial charge on any atom is -0.480 e. The minimum atomic E-state index is -1.26. The zero-order valence-corrected chi connectivity index (χ0v) is 9.11. The molecule has 86 valence electrons. The first kappa shape index (κ1) is 12.4. The van der Waals surface area contributed by atoms with E-state index in [0.29, 0.717) is 0 Å². The van der Waals surface area contributed by atoms with Gasteiger partial charge in [-0.3, -0.25) is 4.79 Å². The van der Waals surface area contributed by atoms with Crippen molar-refractivity contribution < 1.29 is 19.8 Å². The summed E-state index contributed by atoms with van der Waals surface area (Å²) in [7, 11) is 0. The highest BCUT2D eigenvalue weighted by Crippen LogP contribution is 2.09. The first-order valence-corrected chi connectivity index (χ1v) is 5.37. The number of hydrogen-bond acceptors (Lipinski definition) is 4. The van der Waals surface area contributed by atoms with E-state index in [1.54, 1.807) is 6.08 Å². The van der Waals surface area contributed by atoms with E-state index >= 15 is 0 Å². The SMILES string of the molecule is O=C(/C=C/c1cccs1)N[C@@H](CO)C(=O)O. The molecule has 1 aromatic rings. The molecular formula is C10H11NO4S. The third-order valence-electron chi connectivity index (χ3n) is 1.74. The molecule has 1 amide bonds. The average Bonchev–Trinajstić information content (AvgIpc) is 2.75. The Morgan fingerprint density at radius 2 is 2.31 bits per heavy atom. The number of rotatable bonds is 5. The van der Waals surface area contributed by atoms with Crippen molar-refractivity contribution in [2.45, 2.75) is 6.04 Å². The second-order valence-corrected chi connectivity index (χ2v) is 3.91. The number of aliphatic carboxylic acids is 1. The van der Waals surface area contributed by atoms with Crippen molar-refractivity contribution in [1.29, 1.82) is 0 Å². The van der Waals surface area contributed by atoms with Gasteiger partial charge in [-0.15, -0.1) is 11.3 Å². The van der Waals surface area contributed by atoms with Crippen LogP contribution in [-0.4, -0.2) is 34.7 Å². The van der Waals surface area contributed by atoms with Gasteiger partial charge in [0.1, 0.15) is 0 Å². The van der Waals surface area contributed by atoms with Gasteiger partial charge < -0.3 is 15.5 Å². The maximum Gasteiger partial charge on any atom is 0.328 e. The van der Waals surface area contributed by atoms with Gasteiger partial charge in [-0.25, -0.2) is 4.79 Å². The number of hydrogen-bond donors (Lipinski definition) is 3. The van der Waals surface area contributed by atoms with Crippen LogP contribution in [0.25, 0.3) is 6.08 Å². The van der Waals surface area contributed by atoms with E-state index in [-0.39, 0.29) is 0 Å². The van der Waals surface area contributed by atoms with Crippen LogP contribution < -0.4 is 5.32 Å². The Bertz CT molecular complexity index is 386. The van der Waals surface area contributed by atoms with Crippen LogP contribution in [0.4, 0.5) is 0 Å². The molecule has 0 saturated heterocycles. The van der Waals surface area contributed by atoms with Gasteiger partial charge in [0.25, 0.3) is 0 Å². The van der Waals surface area contributed by atoms with Gasteiger partial charge in [0.05, 0.1) is 6.61 Å². The Morgan fingerprint density at radius 3 is 2.81 bits per heavy atom. The molecule has 0 aliphatic carbocycles. The fourth-order valence-electron chi connectivity index (χ4n) is 0.949. The second-order valence-electron chi connectivity index (χ2n) is 2.93. The highest BCUT2D eigenvalue weighted by Gasteiger charge is 2.16. The van der Waals surface area contributed by atoms with Gasteiger partial charge in [0.2, 0.25) is 5.91 Å². The molecule has 5 nitrogen and oxygen atoms in total. The summed E-state index contributed by atoms with van der Waals surface area (Å²) < 4.78 is 0. The minimum absolute atomic E-state index is 0.546. The highest BCUT2D eigenvalue weighted by molar-refractivity contribution is 7.10. The Hall–Kier alpha value is -1.66. The summed E-state index contributed by atoms with van der Waals surface area (Å²) in [5, 5.41) is 21.3. The summed E-state index contributed by atoms with van der Waals surface area (Å²) in [5.41, 5.74) is 0. The van der Waals surface area contributed by atoms with Gasteiger partial charge in [-0.05, 0) is 17.5 Å². The second kappa shape index (κ2) is 6.04. The first-order chi connectivity index (χ1) is 7.63. The third kappa shape index (κ3) is 3.84. The summed E-state index contributed by atoms with van der Waals surface area (Å²) in [6.45, 7) is -0.631. The summed E-state index contributed by atoms with van der Waals surface area (Å²) in [4.78, 5) is 22.6. The van der Waals surface area contributed by atoms with Crippen molar-refractivity contribution in [2.24, 2.45) is 0 Å². The van der Waals surface area contributed by atoms with E-state index in [2.05, 4.69) is 5.32 Å². The number of thiophene rings is 1. The molecule has 0 spiro atoms. The van der Waals surface area contributed by atoms with Gasteiger partial charge >= 0.3 is 5.97 Å². The van der Waals surface area contributed by atoms with E-state index < -0.39 is 24.5 Å². The molecule has 0 aliphatic rings. The van der Waals surface area contributed by atoms with Crippen molar-refractivity contribution in [3.63, 3.8) is 0 Å². The molecule has 1 heterocycles. The van der Waals surface area contributed by atoms with E-state index in [0.717, 1.165) is 4.88 Å². The molecule has 0 fully saturated rings. The van der Waals surface area contributed by atoms with Crippen molar-refractivity contribution in [3.05, 3.63) is 28.5 Å². The number of carboxylic acid groups (broad SMARTS) is 1.